The van der Waals surface area contributed by atoms with Crippen molar-refractivity contribution in [2.24, 2.45) is 0 Å². The van der Waals surface area contributed by atoms with E-state index in [1.807, 2.05) is 0 Å². The lowest BCUT2D eigenvalue weighted by atomic mass is 10.2. The third-order valence-corrected chi connectivity index (χ3v) is 9.66. The molecule has 0 aliphatic rings. The van der Waals surface area contributed by atoms with Crippen molar-refractivity contribution in [2.75, 3.05) is 6.54 Å². The SMILES string of the molecule is Cc1cccc(S(=O)(=O)C(C)(C)CNC(=O)c2ncc(C(F)(F)F)cc2S(=O)(=O)C(C)C)c1. The van der Waals surface area contributed by atoms with Gasteiger partial charge in [0.15, 0.2) is 19.7 Å². The van der Waals surface area contributed by atoms with Crippen LogP contribution in [0.25, 0.3) is 0 Å². The summed E-state index contributed by atoms with van der Waals surface area (Å²) in [5.41, 5.74) is -1.34. The van der Waals surface area contributed by atoms with Gasteiger partial charge in [0.25, 0.3) is 5.91 Å². The van der Waals surface area contributed by atoms with Crippen LogP contribution in [-0.2, 0) is 25.9 Å². The zero-order valence-electron chi connectivity index (χ0n) is 18.7. The number of aromatic nitrogens is 1. The lowest BCUT2D eigenvalue weighted by molar-refractivity contribution is -0.138. The molecular formula is C21H25F3N2O5S2. The third-order valence-electron chi connectivity index (χ3n) is 5.02. The molecule has 2 aromatic rings. The van der Waals surface area contributed by atoms with Gasteiger partial charge in [-0.3, -0.25) is 4.79 Å². The Balaban J connectivity index is 2.42. The van der Waals surface area contributed by atoms with Crippen molar-refractivity contribution in [3.63, 3.8) is 0 Å². The van der Waals surface area contributed by atoms with Gasteiger partial charge in [0, 0.05) is 12.7 Å². The summed E-state index contributed by atoms with van der Waals surface area (Å²) in [6.45, 7) is 6.55. The van der Waals surface area contributed by atoms with E-state index in [2.05, 4.69) is 10.3 Å². The molecule has 2 rings (SSSR count). The maximum absolute atomic E-state index is 13.1. The van der Waals surface area contributed by atoms with Crippen molar-refractivity contribution in [1.82, 2.24) is 10.3 Å². The maximum atomic E-state index is 13.1. The summed E-state index contributed by atoms with van der Waals surface area (Å²) < 4.78 is 89.2. The average Bonchev–Trinajstić information content (AvgIpc) is 2.70. The van der Waals surface area contributed by atoms with E-state index in [1.165, 1.54) is 39.8 Å². The van der Waals surface area contributed by atoms with E-state index in [0.29, 0.717) is 17.8 Å². The fourth-order valence-corrected chi connectivity index (χ4v) is 5.53. The minimum absolute atomic E-state index is 0.0393. The summed E-state index contributed by atoms with van der Waals surface area (Å²) in [5, 5.41) is 1.19. The number of nitrogens with one attached hydrogen (secondary N) is 1. The van der Waals surface area contributed by atoms with Crippen molar-refractivity contribution < 1.29 is 34.8 Å². The van der Waals surface area contributed by atoms with Gasteiger partial charge in [0.1, 0.15) is 5.69 Å². The number of alkyl halides is 3. The Hall–Kier alpha value is -2.47. The van der Waals surface area contributed by atoms with Gasteiger partial charge < -0.3 is 5.32 Å². The molecule has 33 heavy (non-hydrogen) atoms. The highest BCUT2D eigenvalue weighted by Crippen LogP contribution is 2.32. The summed E-state index contributed by atoms with van der Waals surface area (Å²) in [4.78, 5) is 15.4. The van der Waals surface area contributed by atoms with Gasteiger partial charge in [-0.1, -0.05) is 12.1 Å². The minimum Gasteiger partial charge on any atom is -0.349 e. The van der Waals surface area contributed by atoms with Crippen LogP contribution < -0.4 is 5.32 Å². The normalized spacial score (nSPS) is 13.2. The smallest absolute Gasteiger partial charge is 0.349 e. The van der Waals surface area contributed by atoms with Gasteiger partial charge in [0.2, 0.25) is 0 Å². The molecule has 0 radical (unpaired) electrons. The summed E-state index contributed by atoms with van der Waals surface area (Å²) in [7, 11) is -8.23. The van der Waals surface area contributed by atoms with Gasteiger partial charge in [0.05, 0.1) is 25.4 Å². The summed E-state index contributed by atoms with van der Waals surface area (Å²) in [5.74, 6) is -1.10. The van der Waals surface area contributed by atoms with Crippen molar-refractivity contribution in [3.8, 4) is 0 Å². The lowest BCUT2D eigenvalue weighted by Crippen LogP contribution is -2.44. The van der Waals surface area contributed by atoms with Gasteiger partial charge >= 0.3 is 6.18 Å². The number of rotatable bonds is 7. The minimum atomic E-state index is -4.87. The molecule has 0 aliphatic carbocycles. The molecule has 0 saturated carbocycles. The molecule has 1 aromatic carbocycles. The highest BCUT2D eigenvalue weighted by atomic mass is 32.2. The predicted molar refractivity (Wildman–Crippen MR) is 116 cm³/mol. The number of aryl methyl sites for hydroxylation is 1. The van der Waals surface area contributed by atoms with Gasteiger partial charge in [-0.25, -0.2) is 21.8 Å². The standard InChI is InChI=1S/C21H25F3N2O5S2/c1-13(2)32(28,29)17-10-15(21(22,23)24)11-25-18(17)19(27)26-12-20(4,5)33(30,31)16-8-6-7-14(3)9-16/h6-11,13H,12H2,1-5H3,(H,26,27). The summed E-state index contributed by atoms with van der Waals surface area (Å²) in [6.07, 6.45) is -4.50. The van der Waals surface area contributed by atoms with Gasteiger partial charge in [-0.15, -0.1) is 0 Å². The van der Waals surface area contributed by atoms with E-state index in [9.17, 15) is 34.8 Å². The third kappa shape index (κ3) is 5.55. The number of carbonyl (C=O) groups excluding carboxylic acids is 1. The van der Waals surface area contributed by atoms with Gasteiger partial charge in [-0.05, 0) is 58.4 Å². The fourth-order valence-electron chi connectivity index (χ4n) is 2.81. The number of pyridine rings is 1. The molecule has 0 fully saturated rings. The molecule has 12 heteroatoms. The first-order valence-corrected chi connectivity index (χ1v) is 12.8. The molecule has 1 N–H and O–H groups in total. The van der Waals surface area contributed by atoms with E-state index in [4.69, 9.17) is 0 Å². The van der Waals surface area contributed by atoms with E-state index < -0.39 is 64.5 Å². The summed E-state index contributed by atoms with van der Waals surface area (Å²) in [6, 6.07) is 6.55. The van der Waals surface area contributed by atoms with E-state index in [0.717, 1.165) is 0 Å². The molecule has 1 aromatic heterocycles. The van der Waals surface area contributed by atoms with E-state index in [1.54, 1.807) is 19.1 Å². The van der Waals surface area contributed by atoms with Crippen LogP contribution in [0.3, 0.4) is 0 Å². The Morgan fingerprint density at radius 3 is 2.21 bits per heavy atom. The van der Waals surface area contributed by atoms with Crippen molar-refractivity contribution in [3.05, 3.63) is 53.3 Å². The largest absolute Gasteiger partial charge is 0.417 e. The Bertz CT molecular complexity index is 1270. The number of benzene rings is 1. The molecule has 1 amide bonds. The second-order valence-electron chi connectivity index (χ2n) is 8.42. The number of nitrogens with zero attached hydrogens (tertiary/aromatic N) is 1. The Morgan fingerprint density at radius 1 is 1.09 bits per heavy atom. The molecule has 0 spiro atoms. The monoisotopic (exact) mass is 506 g/mol. The maximum Gasteiger partial charge on any atom is 0.417 e. The number of sulfone groups is 2. The summed E-state index contributed by atoms with van der Waals surface area (Å²) >= 11 is 0. The molecule has 0 atom stereocenters. The molecule has 0 aliphatic heterocycles. The average molecular weight is 507 g/mol. The van der Waals surface area contributed by atoms with Crippen LogP contribution in [0.5, 0.6) is 0 Å². The molecule has 7 nitrogen and oxygen atoms in total. The van der Waals surface area contributed by atoms with Crippen LogP contribution in [-0.4, -0.2) is 44.3 Å². The van der Waals surface area contributed by atoms with Crippen LogP contribution in [0.15, 0.2) is 46.3 Å². The predicted octanol–water partition coefficient (Wildman–Crippen LogP) is 3.57. The van der Waals surface area contributed by atoms with Crippen molar-refractivity contribution >= 4 is 25.6 Å². The number of hydrogen-bond acceptors (Lipinski definition) is 6. The van der Waals surface area contributed by atoms with E-state index >= 15 is 0 Å². The molecule has 0 unspecified atom stereocenters. The second kappa shape index (κ2) is 9.05. The number of halogens is 3. The second-order valence-corrected chi connectivity index (χ2v) is 13.5. The van der Waals surface area contributed by atoms with Crippen LogP contribution in [0, 0.1) is 6.92 Å². The molecule has 182 valence electrons. The first-order chi connectivity index (χ1) is 14.9. The van der Waals surface area contributed by atoms with Crippen molar-refractivity contribution in [1.29, 1.82) is 0 Å². The van der Waals surface area contributed by atoms with Crippen LogP contribution in [0.1, 0.15) is 49.3 Å². The lowest BCUT2D eigenvalue weighted by Gasteiger charge is -2.25. The van der Waals surface area contributed by atoms with Crippen LogP contribution >= 0.6 is 0 Å². The molecule has 0 saturated heterocycles. The fraction of sp³-hybridized carbons (Fsp3) is 0.429. The topological polar surface area (TPSA) is 110 Å². The van der Waals surface area contributed by atoms with Crippen molar-refractivity contribution in [2.45, 2.75) is 60.6 Å². The van der Waals surface area contributed by atoms with Crippen LogP contribution in [0.4, 0.5) is 13.2 Å². The zero-order valence-corrected chi connectivity index (χ0v) is 20.3. The zero-order chi connectivity index (χ0) is 25.4. The quantitative estimate of drug-likeness (QED) is 0.615. The van der Waals surface area contributed by atoms with Crippen LogP contribution in [0.2, 0.25) is 0 Å². The highest BCUT2D eigenvalue weighted by molar-refractivity contribution is 7.93. The van der Waals surface area contributed by atoms with Gasteiger partial charge in [-0.2, -0.15) is 13.2 Å². The Kier molecular flexibility index (Phi) is 7.35. The number of amides is 1. The highest BCUT2D eigenvalue weighted by Gasteiger charge is 2.38. The number of hydrogen-bond donors (Lipinski definition) is 1. The molecular weight excluding hydrogens is 481 g/mol. The molecule has 1 heterocycles. The number of carbonyl (C=O) groups is 1. The Labute approximate surface area is 191 Å². The Morgan fingerprint density at radius 2 is 1.70 bits per heavy atom. The first kappa shape index (κ1) is 26.8. The molecule has 0 bridgehead atoms. The van der Waals surface area contributed by atoms with E-state index in [-0.39, 0.29) is 4.90 Å². The first-order valence-electron chi connectivity index (χ1n) is 9.82.